The molecule has 1 aromatic heterocycles. The number of nitrogens with zero attached hydrogens (tertiary/aromatic N) is 5. The topological polar surface area (TPSA) is 114 Å². The van der Waals surface area contributed by atoms with Crippen molar-refractivity contribution >= 4 is 11.6 Å². The Labute approximate surface area is 172 Å². The minimum Gasteiger partial charge on any atom is -0.383 e. The third-order valence-corrected chi connectivity index (χ3v) is 4.68. The maximum absolute atomic E-state index is 9.94. The lowest BCUT2D eigenvalue weighted by Crippen LogP contribution is -2.28. The maximum Gasteiger partial charge on any atom is 0.149 e. The van der Waals surface area contributed by atoms with Crippen LogP contribution in [0.2, 0.25) is 0 Å². The van der Waals surface area contributed by atoms with Crippen molar-refractivity contribution in [2.75, 3.05) is 23.7 Å². The second kappa shape index (κ2) is 9.40. The zero-order valence-electron chi connectivity index (χ0n) is 17.0. The second-order valence-electron chi connectivity index (χ2n) is 7.05. The summed E-state index contributed by atoms with van der Waals surface area (Å²) in [5.74, 6) is -0.288. The van der Waals surface area contributed by atoms with Crippen LogP contribution in [0.5, 0.6) is 0 Å². The van der Waals surface area contributed by atoms with Crippen LogP contribution in [-0.2, 0) is 6.42 Å². The van der Waals surface area contributed by atoms with Gasteiger partial charge in [0.05, 0.1) is 12.0 Å². The van der Waals surface area contributed by atoms with E-state index in [9.17, 15) is 15.8 Å². The monoisotopic (exact) mass is 384 g/mol. The van der Waals surface area contributed by atoms with Crippen molar-refractivity contribution in [2.24, 2.45) is 0 Å². The molecule has 2 rings (SSSR count). The molecule has 0 saturated carbocycles. The lowest BCUT2D eigenvalue weighted by Gasteiger charge is -2.26. The first-order valence-corrected chi connectivity index (χ1v) is 9.34. The van der Waals surface area contributed by atoms with Gasteiger partial charge in [-0.15, -0.1) is 0 Å². The number of nitrogens with two attached hydrogens (primary N) is 1. The Balaban J connectivity index is 2.68. The van der Waals surface area contributed by atoms with Crippen LogP contribution in [0.1, 0.15) is 47.6 Å². The molecule has 6 heteroatoms. The quantitative estimate of drug-likeness (QED) is 0.723. The van der Waals surface area contributed by atoms with Crippen LogP contribution in [0.25, 0.3) is 0 Å². The normalized spacial score (nSPS) is 11.0. The molecule has 0 saturated heterocycles. The van der Waals surface area contributed by atoms with Crippen LogP contribution in [-0.4, -0.2) is 18.1 Å². The van der Waals surface area contributed by atoms with E-state index in [0.29, 0.717) is 30.9 Å². The van der Waals surface area contributed by atoms with E-state index in [-0.39, 0.29) is 16.9 Å². The number of hydrogen-bond acceptors (Lipinski definition) is 6. The van der Waals surface area contributed by atoms with Gasteiger partial charge < -0.3 is 10.6 Å². The first kappa shape index (κ1) is 21.5. The van der Waals surface area contributed by atoms with Gasteiger partial charge in [-0.05, 0) is 32.8 Å². The SMILES string of the molecule is C=C(C)CN(CC)c1nc(N)c(C#N)c([C@H](C#N)Cc2ccc(C)cc2)c1C#N. The van der Waals surface area contributed by atoms with Gasteiger partial charge in [0.25, 0.3) is 0 Å². The fourth-order valence-corrected chi connectivity index (χ4v) is 3.25. The molecular weight excluding hydrogens is 360 g/mol. The number of benzene rings is 1. The van der Waals surface area contributed by atoms with Crippen LogP contribution >= 0.6 is 0 Å². The van der Waals surface area contributed by atoms with Crippen molar-refractivity contribution < 1.29 is 0 Å². The maximum atomic E-state index is 9.94. The largest absolute Gasteiger partial charge is 0.383 e. The Morgan fingerprint density at radius 1 is 1.17 bits per heavy atom. The number of likely N-dealkylation sites (N-methyl/N-ethyl adjacent to an activating group) is 1. The Kier molecular flexibility index (Phi) is 6.96. The molecule has 0 bridgehead atoms. The molecule has 146 valence electrons. The van der Waals surface area contributed by atoms with Gasteiger partial charge in [-0.2, -0.15) is 15.8 Å². The van der Waals surface area contributed by atoms with Crippen LogP contribution in [0.15, 0.2) is 36.4 Å². The number of aryl methyl sites for hydroxylation is 1. The van der Waals surface area contributed by atoms with Gasteiger partial charge in [-0.25, -0.2) is 4.98 Å². The van der Waals surface area contributed by atoms with Crippen LogP contribution < -0.4 is 10.6 Å². The average molecular weight is 384 g/mol. The number of aromatic nitrogens is 1. The zero-order chi connectivity index (χ0) is 21.6. The summed E-state index contributed by atoms with van der Waals surface area (Å²) in [6.45, 7) is 10.8. The van der Waals surface area contributed by atoms with Gasteiger partial charge in [0.15, 0.2) is 0 Å². The molecule has 0 radical (unpaired) electrons. The highest BCUT2D eigenvalue weighted by Crippen LogP contribution is 2.34. The summed E-state index contributed by atoms with van der Waals surface area (Å²) in [4.78, 5) is 6.22. The third kappa shape index (κ3) is 4.72. The number of rotatable bonds is 7. The summed E-state index contributed by atoms with van der Waals surface area (Å²) in [6, 6.07) is 14.3. The lowest BCUT2D eigenvalue weighted by molar-refractivity contribution is 0.821. The molecule has 1 aromatic carbocycles. The van der Waals surface area contributed by atoms with Crippen molar-refractivity contribution in [3.05, 3.63) is 64.2 Å². The predicted octanol–water partition coefficient (Wildman–Crippen LogP) is 3.97. The first-order chi connectivity index (χ1) is 13.9. The van der Waals surface area contributed by atoms with Crippen molar-refractivity contribution in [3.63, 3.8) is 0 Å². The van der Waals surface area contributed by atoms with Crippen LogP contribution in [0.3, 0.4) is 0 Å². The Morgan fingerprint density at radius 3 is 2.28 bits per heavy atom. The van der Waals surface area contributed by atoms with Gasteiger partial charge >= 0.3 is 0 Å². The Morgan fingerprint density at radius 2 is 1.79 bits per heavy atom. The molecule has 2 N–H and O–H groups in total. The summed E-state index contributed by atoms with van der Waals surface area (Å²) in [7, 11) is 0. The first-order valence-electron chi connectivity index (χ1n) is 9.34. The zero-order valence-corrected chi connectivity index (χ0v) is 17.0. The van der Waals surface area contributed by atoms with E-state index < -0.39 is 5.92 Å². The molecule has 0 fully saturated rings. The Bertz CT molecular complexity index is 1030. The van der Waals surface area contributed by atoms with E-state index in [1.807, 2.05) is 56.0 Å². The molecule has 0 unspecified atom stereocenters. The molecule has 29 heavy (non-hydrogen) atoms. The summed E-state index contributed by atoms with van der Waals surface area (Å²) in [6.07, 6.45) is 0.371. The predicted molar refractivity (Wildman–Crippen MR) is 114 cm³/mol. The highest BCUT2D eigenvalue weighted by molar-refractivity contribution is 5.70. The van der Waals surface area contributed by atoms with E-state index in [1.54, 1.807) is 0 Å². The van der Waals surface area contributed by atoms with Crippen molar-refractivity contribution in [1.82, 2.24) is 4.98 Å². The molecule has 0 aliphatic heterocycles. The molecule has 2 aromatic rings. The number of anilines is 2. The molecule has 0 spiro atoms. The van der Waals surface area contributed by atoms with E-state index >= 15 is 0 Å². The highest BCUT2D eigenvalue weighted by Gasteiger charge is 2.27. The summed E-state index contributed by atoms with van der Waals surface area (Å²) < 4.78 is 0. The van der Waals surface area contributed by atoms with Gasteiger partial charge in [0, 0.05) is 18.7 Å². The standard InChI is InChI=1S/C23H24N6/c1-5-29(14-15(2)3)23-20(13-26)21(19(12-25)22(27)28-23)18(11-24)10-17-8-6-16(4)7-9-17/h6-9,18H,2,5,10,14H2,1,3-4H3,(H2,27,28)/t18-/m0/s1. The van der Waals surface area contributed by atoms with E-state index in [0.717, 1.165) is 16.7 Å². The van der Waals surface area contributed by atoms with E-state index in [1.165, 1.54) is 0 Å². The minimum absolute atomic E-state index is 0.0285. The van der Waals surface area contributed by atoms with Crippen molar-refractivity contribution in [3.8, 4) is 18.2 Å². The van der Waals surface area contributed by atoms with Crippen LogP contribution in [0, 0.1) is 40.9 Å². The number of pyridine rings is 1. The van der Waals surface area contributed by atoms with Gasteiger partial charge in [-0.1, -0.05) is 42.0 Å². The molecule has 6 nitrogen and oxygen atoms in total. The smallest absolute Gasteiger partial charge is 0.149 e. The van der Waals surface area contributed by atoms with E-state index in [2.05, 4.69) is 23.7 Å². The van der Waals surface area contributed by atoms with Crippen molar-refractivity contribution in [1.29, 1.82) is 15.8 Å². The number of nitrogen functional groups attached to an aromatic ring is 1. The van der Waals surface area contributed by atoms with Gasteiger partial charge in [-0.3, -0.25) is 0 Å². The van der Waals surface area contributed by atoms with Gasteiger partial charge in [0.2, 0.25) is 0 Å². The fourth-order valence-electron chi connectivity index (χ4n) is 3.25. The van der Waals surface area contributed by atoms with E-state index in [4.69, 9.17) is 5.73 Å². The lowest BCUT2D eigenvalue weighted by atomic mass is 9.87. The number of hydrogen-bond donors (Lipinski definition) is 1. The summed E-state index contributed by atoms with van der Waals surface area (Å²) in [5.41, 5.74) is 9.71. The second-order valence-corrected chi connectivity index (χ2v) is 7.05. The van der Waals surface area contributed by atoms with Crippen LogP contribution in [0.4, 0.5) is 11.6 Å². The highest BCUT2D eigenvalue weighted by atomic mass is 15.2. The molecule has 0 aliphatic carbocycles. The van der Waals surface area contributed by atoms with Crippen molar-refractivity contribution in [2.45, 2.75) is 33.1 Å². The fraction of sp³-hybridized carbons (Fsp3) is 0.304. The van der Waals surface area contributed by atoms with Gasteiger partial charge in [0.1, 0.15) is 34.9 Å². The summed E-state index contributed by atoms with van der Waals surface area (Å²) >= 11 is 0. The molecule has 0 aliphatic rings. The summed E-state index contributed by atoms with van der Waals surface area (Å²) in [5, 5.41) is 29.5. The molecular formula is C23H24N6. The molecule has 1 heterocycles. The average Bonchev–Trinajstić information content (AvgIpc) is 2.70. The molecule has 0 amide bonds. The number of nitriles is 3. The third-order valence-electron chi connectivity index (χ3n) is 4.68. The molecule has 1 atom stereocenters. The minimum atomic E-state index is -0.699. The Hall–Kier alpha value is -3.82.